The highest BCUT2D eigenvalue weighted by molar-refractivity contribution is 7.09. The number of rotatable bonds is 7. The van der Waals surface area contributed by atoms with E-state index in [4.69, 9.17) is 4.52 Å². The number of carbonyl (C=O) groups is 1. The van der Waals surface area contributed by atoms with Gasteiger partial charge in [-0.25, -0.2) is 4.98 Å². The Morgan fingerprint density at radius 1 is 1.39 bits per heavy atom. The van der Waals surface area contributed by atoms with Crippen LogP contribution in [0.15, 0.2) is 46.6 Å². The number of aryl methyl sites for hydroxylation is 1. The summed E-state index contributed by atoms with van der Waals surface area (Å²) < 4.78 is 7.50. The average molecular weight is 464 g/mol. The fourth-order valence-electron chi connectivity index (χ4n) is 4.78. The molecule has 8 heteroatoms. The maximum absolute atomic E-state index is 13.2. The summed E-state index contributed by atoms with van der Waals surface area (Å²) in [6, 6.07) is 8.24. The number of carbonyl (C=O) groups excluding carboxylic acids is 1. The van der Waals surface area contributed by atoms with Crippen molar-refractivity contribution in [2.24, 2.45) is 5.92 Å². The van der Waals surface area contributed by atoms with E-state index >= 15 is 0 Å². The Morgan fingerprint density at radius 2 is 2.27 bits per heavy atom. The van der Waals surface area contributed by atoms with E-state index in [1.54, 1.807) is 17.5 Å². The Labute approximate surface area is 197 Å². The van der Waals surface area contributed by atoms with Gasteiger partial charge in [-0.2, -0.15) is 0 Å². The molecule has 1 aliphatic rings. The third-order valence-electron chi connectivity index (χ3n) is 6.15. The molecule has 0 saturated heterocycles. The lowest BCUT2D eigenvalue weighted by Crippen LogP contribution is -2.46. The summed E-state index contributed by atoms with van der Waals surface area (Å²) >= 11 is 1.55. The Hall–Kier alpha value is -2.97. The van der Waals surface area contributed by atoms with E-state index < -0.39 is 0 Å². The summed E-state index contributed by atoms with van der Waals surface area (Å²) in [5.41, 5.74) is 4.52. The lowest BCUT2D eigenvalue weighted by molar-refractivity contribution is -0.123. The van der Waals surface area contributed by atoms with Gasteiger partial charge in [0.25, 0.3) is 0 Å². The van der Waals surface area contributed by atoms with Gasteiger partial charge in [0.15, 0.2) is 0 Å². The minimum absolute atomic E-state index is 0.0137. The van der Waals surface area contributed by atoms with Crippen molar-refractivity contribution >= 4 is 28.1 Å². The normalized spacial score (nSPS) is 18.1. The average Bonchev–Trinajstić information content (AvgIpc) is 3.50. The van der Waals surface area contributed by atoms with Crippen molar-refractivity contribution in [1.29, 1.82) is 0 Å². The molecule has 7 nitrogen and oxygen atoms in total. The van der Waals surface area contributed by atoms with Gasteiger partial charge in [-0.15, -0.1) is 11.3 Å². The number of nitrogens with one attached hydrogen (secondary N) is 2. The van der Waals surface area contributed by atoms with Gasteiger partial charge < -0.3 is 14.4 Å². The minimum Gasteiger partial charge on any atom is -0.361 e. The number of benzene rings is 1. The number of nitrogens with zero attached hydrogens (tertiary/aromatic N) is 3. The summed E-state index contributed by atoms with van der Waals surface area (Å²) in [4.78, 5) is 17.5. The van der Waals surface area contributed by atoms with Crippen LogP contribution >= 0.6 is 11.3 Å². The third kappa shape index (κ3) is 4.58. The van der Waals surface area contributed by atoms with E-state index in [0.29, 0.717) is 25.4 Å². The van der Waals surface area contributed by atoms with Crippen LogP contribution in [0.5, 0.6) is 0 Å². The summed E-state index contributed by atoms with van der Waals surface area (Å²) in [6.07, 6.45) is 5.54. The van der Waals surface area contributed by atoms with Crippen LogP contribution in [-0.2, 0) is 24.3 Å². The van der Waals surface area contributed by atoms with Crippen molar-refractivity contribution in [2.75, 3.05) is 0 Å². The van der Waals surface area contributed by atoms with Gasteiger partial charge in [0, 0.05) is 40.8 Å². The molecule has 2 unspecified atom stereocenters. The van der Waals surface area contributed by atoms with E-state index in [-0.39, 0.29) is 18.0 Å². The van der Waals surface area contributed by atoms with Gasteiger partial charge in [-0.3, -0.25) is 10.1 Å². The smallest absolute Gasteiger partial charge is 0.237 e. The Kier molecular flexibility index (Phi) is 6.03. The van der Waals surface area contributed by atoms with Gasteiger partial charge in [0.05, 0.1) is 19.1 Å². The Morgan fingerprint density at radius 3 is 3.00 bits per heavy atom. The molecule has 4 aromatic rings. The molecule has 1 amide bonds. The maximum atomic E-state index is 13.2. The zero-order valence-corrected chi connectivity index (χ0v) is 20.0. The van der Waals surface area contributed by atoms with Crippen LogP contribution in [0.25, 0.3) is 10.9 Å². The lowest BCUT2D eigenvalue weighted by atomic mass is 9.94. The maximum Gasteiger partial charge on any atom is 0.237 e. The molecule has 5 rings (SSSR count). The number of thiazole rings is 1. The molecule has 33 heavy (non-hydrogen) atoms. The SMILES string of the molecule is Cc1cc(Cn2cc3c4c(cccc42)C(CC(C)C)NC(C(=O)NCc2nccs2)C3)no1. The van der Waals surface area contributed by atoms with Gasteiger partial charge in [0.2, 0.25) is 5.91 Å². The molecule has 0 aliphatic carbocycles. The first-order chi connectivity index (χ1) is 16.0. The van der Waals surface area contributed by atoms with E-state index in [2.05, 4.69) is 63.6 Å². The Bertz CT molecular complexity index is 1260. The van der Waals surface area contributed by atoms with Gasteiger partial charge in [0.1, 0.15) is 16.5 Å². The number of aromatic nitrogens is 3. The highest BCUT2D eigenvalue weighted by Crippen LogP contribution is 2.36. The molecule has 1 aromatic carbocycles. The van der Waals surface area contributed by atoms with Gasteiger partial charge in [-0.05, 0) is 42.9 Å². The van der Waals surface area contributed by atoms with E-state index in [1.807, 2.05) is 18.4 Å². The monoisotopic (exact) mass is 463 g/mol. The number of hydrogen-bond acceptors (Lipinski definition) is 6. The summed E-state index contributed by atoms with van der Waals surface area (Å²) in [5, 5.41) is 15.0. The predicted molar refractivity (Wildman–Crippen MR) is 129 cm³/mol. The third-order valence-corrected chi connectivity index (χ3v) is 6.93. The largest absolute Gasteiger partial charge is 0.361 e. The van der Waals surface area contributed by atoms with Crippen LogP contribution in [0.3, 0.4) is 0 Å². The molecule has 2 N–H and O–H groups in total. The molecular weight excluding hydrogens is 434 g/mol. The van der Waals surface area contributed by atoms with Crippen LogP contribution in [0.4, 0.5) is 0 Å². The van der Waals surface area contributed by atoms with E-state index in [1.165, 1.54) is 22.0 Å². The highest BCUT2D eigenvalue weighted by Gasteiger charge is 2.31. The molecule has 3 aromatic heterocycles. The van der Waals surface area contributed by atoms with Crippen LogP contribution in [0.2, 0.25) is 0 Å². The van der Waals surface area contributed by atoms with Crippen molar-refractivity contribution in [3.63, 3.8) is 0 Å². The molecule has 172 valence electrons. The zero-order valence-electron chi connectivity index (χ0n) is 19.2. The molecule has 0 saturated carbocycles. The fraction of sp³-hybridized carbons (Fsp3) is 0.400. The summed E-state index contributed by atoms with van der Waals surface area (Å²) in [7, 11) is 0. The summed E-state index contributed by atoms with van der Waals surface area (Å²) in [6.45, 7) is 7.45. The fourth-order valence-corrected chi connectivity index (χ4v) is 5.34. The van der Waals surface area contributed by atoms with E-state index in [0.717, 1.165) is 22.9 Å². The molecule has 4 heterocycles. The number of amides is 1. The highest BCUT2D eigenvalue weighted by atomic mass is 32.1. The van der Waals surface area contributed by atoms with Gasteiger partial charge in [-0.1, -0.05) is 31.1 Å². The van der Waals surface area contributed by atoms with Crippen LogP contribution < -0.4 is 10.6 Å². The lowest BCUT2D eigenvalue weighted by Gasteiger charge is -2.25. The first kappa shape index (κ1) is 21.9. The van der Waals surface area contributed by atoms with Crippen molar-refractivity contribution < 1.29 is 9.32 Å². The predicted octanol–water partition coefficient (Wildman–Crippen LogP) is 4.36. The van der Waals surface area contributed by atoms with Crippen molar-refractivity contribution in [1.82, 2.24) is 25.3 Å². The van der Waals surface area contributed by atoms with Crippen LogP contribution in [0.1, 0.15) is 53.9 Å². The van der Waals surface area contributed by atoms with Crippen molar-refractivity contribution in [3.05, 3.63) is 69.6 Å². The second-order valence-electron chi connectivity index (χ2n) is 9.20. The van der Waals surface area contributed by atoms with Crippen LogP contribution in [-0.4, -0.2) is 26.7 Å². The zero-order chi connectivity index (χ0) is 22.9. The van der Waals surface area contributed by atoms with Crippen LogP contribution in [0, 0.1) is 12.8 Å². The summed E-state index contributed by atoms with van der Waals surface area (Å²) in [5.74, 6) is 1.32. The quantitative estimate of drug-likeness (QED) is 0.425. The first-order valence-electron chi connectivity index (χ1n) is 11.4. The van der Waals surface area contributed by atoms with Gasteiger partial charge >= 0.3 is 0 Å². The second kappa shape index (κ2) is 9.11. The van der Waals surface area contributed by atoms with Crippen molar-refractivity contribution in [3.8, 4) is 0 Å². The van der Waals surface area contributed by atoms with E-state index in [9.17, 15) is 4.79 Å². The molecule has 0 radical (unpaired) electrons. The standard InChI is InChI=1S/C25H29N5O2S/c1-15(2)9-20-19-5-4-6-22-24(19)17(13-30(22)14-18-10-16(3)32-29-18)11-21(28-20)25(31)27-12-23-26-7-8-33-23/h4-8,10,13,15,20-21,28H,9,11-12,14H2,1-3H3,(H,27,31). The molecular formula is C25H29N5O2S. The molecule has 0 fully saturated rings. The Balaban J connectivity index is 1.49. The number of hydrogen-bond donors (Lipinski definition) is 2. The topological polar surface area (TPSA) is 85.0 Å². The second-order valence-corrected chi connectivity index (χ2v) is 10.2. The molecule has 0 bridgehead atoms. The first-order valence-corrected chi connectivity index (χ1v) is 12.3. The molecule has 1 aliphatic heterocycles. The van der Waals surface area contributed by atoms with Crippen molar-refractivity contribution in [2.45, 2.75) is 58.8 Å². The molecule has 2 atom stereocenters. The minimum atomic E-state index is -0.311. The molecule has 0 spiro atoms.